The maximum atomic E-state index is 12.1. The Morgan fingerprint density at radius 3 is 2.68 bits per heavy atom. The van der Waals surface area contributed by atoms with Crippen molar-refractivity contribution < 1.29 is 9.59 Å². The van der Waals surface area contributed by atoms with Crippen molar-refractivity contribution in [2.45, 2.75) is 39.2 Å². The number of amides is 3. The molecule has 110 valence electrons. The summed E-state index contributed by atoms with van der Waals surface area (Å²) in [5.41, 5.74) is 11.0. The number of carbonyl (C=O) groups excluding carboxylic acids is 2. The highest BCUT2D eigenvalue weighted by Gasteiger charge is 2.25. The second-order valence-corrected chi connectivity index (χ2v) is 5.71. The van der Waals surface area contributed by atoms with Crippen LogP contribution in [0, 0.1) is 11.8 Å². The van der Waals surface area contributed by atoms with Crippen molar-refractivity contribution in [2.75, 3.05) is 19.6 Å². The lowest BCUT2D eigenvalue weighted by molar-refractivity contribution is -0.133. The standard InChI is InChI=1S/C13H26N4O2/c1-9(2)11(14)6-12(18)17-5-3-4-10(8-17)7-16-13(15)19/h9-11H,3-8,14H2,1-2H3,(H3,15,16,19). The van der Waals surface area contributed by atoms with Crippen LogP contribution in [0.4, 0.5) is 4.79 Å². The molecule has 3 amide bonds. The Morgan fingerprint density at radius 2 is 2.11 bits per heavy atom. The first-order valence-corrected chi connectivity index (χ1v) is 6.96. The number of carbonyl (C=O) groups is 2. The molecule has 6 heteroatoms. The summed E-state index contributed by atoms with van der Waals surface area (Å²) in [6, 6.07) is -0.595. The van der Waals surface area contributed by atoms with E-state index in [1.54, 1.807) is 0 Å². The van der Waals surface area contributed by atoms with Crippen LogP contribution in [-0.2, 0) is 4.79 Å². The van der Waals surface area contributed by atoms with Gasteiger partial charge in [-0.2, -0.15) is 0 Å². The molecule has 0 aromatic carbocycles. The number of urea groups is 1. The van der Waals surface area contributed by atoms with Crippen LogP contribution in [0.1, 0.15) is 33.1 Å². The van der Waals surface area contributed by atoms with E-state index in [2.05, 4.69) is 5.32 Å². The first-order chi connectivity index (χ1) is 8.90. The number of rotatable bonds is 5. The van der Waals surface area contributed by atoms with Gasteiger partial charge >= 0.3 is 6.03 Å². The number of likely N-dealkylation sites (tertiary alicyclic amines) is 1. The normalized spacial score (nSPS) is 21.3. The van der Waals surface area contributed by atoms with Gasteiger partial charge in [0.1, 0.15) is 0 Å². The number of nitrogens with zero attached hydrogens (tertiary/aromatic N) is 1. The minimum Gasteiger partial charge on any atom is -0.352 e. The lowest BCUT2D eigenvalue weighted by Gasteiger charge is -2.33. The molecular formula is C13H26N4O2. The summed E-state index contributed by atoms with van der Waals surface area (Å²) in [5.74, 6) is 0.714. The fourth-order valence-electron chi connectivity index (χ4n) is 2.27. The summed E-state index contributed by atoms with van der Waals surface area (Å²) in [6.07, 6.45) is 2.38. The summed E-state index contributed by atoms with van der Waals surface area (Å²) in [6.45, 7) is 6.05. The summed E-state index contributed by atoms with van der Waals surface area (Å²) >= 11 is 0. The predicted molar refractivity (Wildman–Crippen MR) is 74.3 cm³/mol. The summed E-state index contributed by atoms with van der Waals surface area (Å²) in [7, 11) is 0. The Labute approximate surface area is 114 Å². The molecule has 0 aromatic heterocycles. The highest BCUT2D eigenvalue weighted by atomic mass is 16.2. The maximum absolute atomic E-state index is 12.1. The van der Waals surface area contributed by atoms with Crippen molar-refractivity contribution in [3.8, 4) is 0 Å². The van der Waals surface area contributed by atoms with E-state index >= 15 is 0 Å². The molecule has 1 aliphatic heterocycles. The SMILES string of the molecule is CC(C)C(N)CC(=O)N1CCCC(CNC(N)=O)C1. The third-order valence-corrected chi connectivity index (χ3v) is 3.70. The zero-order valence-corrected chi connectivity index (χ0v) is 11.9. The van der Waals surface area contributed by atoms with E-state index in [1.165, 1.54) is 0 Å². The highest BCUT2D eigenvalue weighted by molar-refractivity contribution is 5.77. The monoisotopic (exact) mass is 270 g/mol. The molecule has 2 atom stereocenters. The second-order valence-electron chi connectivity index (χ2n) is 5.71. The topological polar surface area (TPSA) is 101 Å². The van der Waals surface area contributed by atoms with Gasteiger partial charge < -0.3 is 21.7 Å². The smallest absolute Gasteiger partial charge is 0.312 e. The van der Waals surface area contributed by atoms with Gasteiger partial charge in [-0.15, -0.1) is 0 Å². The Bertz CT molecular complexity index is 320. The molecule has 1 heterocycles. The zero-order valence-electron chi connectivity index (χ0n) is 11.9. The molecule has 0 aromatic rings. The Morgan fingerprint density at radius 1 is 1.42 bits per heavy atom. The minimum absolute atomic E-state index is 0.0865. The third-order valence-electron chi connectivity index (χ3n) is 3.70. The maximum Gasteiger partial charge on any atom is 0.312 e. The zero-order chi connectivity index (χ0) is 14.4. The summed E-state index contributed by atoms with van der Waals surface area (Å²) < 4.78 is 0. The largest absolute Gasteiger partial charge is 0.352 e. The number of hydrogen-bond acceptors (Lipinski definition) is 3. The summed E-state index contributed by atoms with van der Waals surface area (Å²) in [4.78, 5) is 24.7. The quantitative estimate of drug-likeness (QED) is 0.668. The molecule has 0 radical (unpaired) electrons. The van der Waals surface area contributed by atoms with Crippen molar-refractivity contribution in [1.29, 1.82) is 0 Å². The van der Waals surface area contributed by atoms with E-state index < -0.39 is 6.03 Å². The molecule has 1 fully saturated rings. The van der Waals surface area contributed by atoms with Crippen molar-refractivity contribution >= 4 is 11.9 Å². The van der Waals surface area contributed by atoms with Crippen molar-refractivity contribution in [1.82, 2.24) is 10.2 Å². The van der Waals surface area contributed by atoms with Gasteiger partial charge in [-0.1, -0.05) is 13.8 Å². The number of hydrogen-bond donors (Lipinski definition) is 3. The third kappa shape index (κ3) is 5.46. The molecule has 2 unspecified atom stereocenters. The van der Waals surface area contributed by atoms with E-state index in [9.17, 15) is 9.59 Å². The molecule has 1 rings (SSSR count). The van der Waals surface area contributed by atoms with Gasteiger partial charge in [0.15, 0.2) is 0 Å². The van der Waals surface area contributed by atoms with Crippen LogP contribution in [0.5, 0.6) is 0 Å². The highest BCUT2D eigenvalue weighted by Crippen LogP contribution is 2.17. The Hall–Kier alpha value is -1.30. The average molecular weight is 270 g/mol. The van der Waals surface area contributed by atoms with Crippen LogP contribution >= 0.6 is 0 Å². The number of piperidine rings is 1. The Balaban J connectivity index is 2.41. The molecule has 6 nitrogen and oxygen atoms in total. The minimum atomic E-state index is -0.509. The summed E-state index contributed by atoms with van der Waals surface area (Å²) in [5, 5.41) is 2.61. The van der Waals surface area contributed by atoms with Gasteiger partial charge in [-0.25, -0.2) is 4.79 Å². The Kier molecular flexibility index (Phi) is 6.08. The van der Waals surface area contributed by atoms with Crippen LogP contribution in [0.3, 0.4) is 0 Å². The fourth-order valence-corrected chi connectivity index (χ4v) is 2.27. The van der Waals surface area contributed by atoms with E-state index in [1.807, 2.05) is 18.7 Å². The molecule has 5 N–H and O–H groups in total. The van der Waals surface area contributed by atoms with Crippen molar-refractivity contribution in [2.24, 2.45) is 23.3 Å². The van der Waals surface area contributed by atoms with E-state index in [-0.39, 0.29) is 11.9 Å². The number of nitrogens with two attached hydrogens (primary N) is 2. The van der Waals surface area contributed by atoms with Gasteiger partial charge in [-0.3, -0.25) is 4.79 Å². The van der Waals surface area contributed by atoms with Crippen LogP contribution in [0.25, 0.3) is 0 Å². The molecule has 1 saturated heterocycles. The number of primary amides is 1. The van der Waals surface area contributed by atoms with Crippen LogP contribution in [0.2, 0.25) is 0 Å². The average Bonchev–Trinajstić information content (AvgIpc) is 2.36. The number of nitrogens with one attached hydrogen (secondary N) is 1. The first kappa shape index (κ1) is 15.8. The van der Waals surface area contributed by atoms with Gasteiger partial charge in [0.25, 0.3) is 0 Å². The first-order valence-electron chi connectivity index (χ1n) is 6.96. The predicted octanol–water partition coefficient (Wildman–Crippen LogP) is 0.267. The van der Waals surface area contributed by atoms with Crippen LogP contribution in [0.15, 0.2) is 0 Å². The van der Waals surface area contributed by atoms with E-state index in [0.29, 0.717) is 31.3 Å². The van der Waals surface area contributed by atoms with Crippen molar-refractivity contribution in [3.05, 3.63) is 0 Å². The van der Waals surface area contributed by atoms with Gasteiger partial charge in [0.05, 0.1) is 0 Å². The van der Waals surface area contributed by atoms with Crippen molar-refractivity contribution in [3.63, 3.8) is 0 Å². The molecule has 0 saturated carbocycles. The molecular weight excluding hydrogens is 244 g/mol. The fraction of sp³-hybridized carbons (Fsp3) is 0.846. The van der Waals surface area contributed by atoms with E-state index in [0.717, 1.165) is 19.4 Å². The van der Waals surface area contributed by atoms with Gasteiger partial charge in [0.2, 0.25) is 5.91 Å². The lowest BCUT2D eigenvalue weighted by Crippen LogP contribution is -2.46. The molecule has 19 heavy (non-hydrogen) atoms. The molecule has 0 aliphatic carbocycles. The molecule has 1 aliphatic rings. The van der Waals surface area contributed by atoms with Crippen LogP contribution in [-0.4, -0.2) is 42.5 Å². The second kappa shape index (κ2) is 7.33. The molecule has 0 spiro atoms. The van der Waals surface area contributed by atoms with Crippen LogP contribution < -0.4 is 16.8 Å². The lowest BCUT2D eigenvalue weighted by atomic mass is 9.96. The molecule has 0 bridgehead atoms. The van der Waals surface area contributed by atoms with Gasteiger partial charge in [0, 0.05) is 32.1 Å². The van der Waals surface area contributed by atoms with E-state index in [4.69, 9.17) is 11.5 Å². The van der Waals surface area contributed by atoms with Gasteiger partial charge in [-0.05, 0) is 24.7 Å².